The van der Waals surface area contributed by atoms with Crippen molar-refractivity contribution in [3.05, 3.63) is 0 Å². The van der Waals surface area contributed by atoms with Gasteiger partial charge in [-0.3, -0.25) is 0 Å². The highest BCUT2D eigenvalue weighted by Gasteiger charge is 2.11. The highest BCUT2D eigenvalue weighted by Crippen LogP contribution is 2.13. The topological polar surface area (TPSA) is 9.23 Å². The third kappa shape index (κ3) is 4.80. The lowest BCUT2D eigenvalue weighted by molar-refractivity contribution is 0.108. The van der Waals surface area contributed by atoms with Crippen molar-refractivity contribution in [2.24, 2.45) is 0 Å². The quantitative estimate of drug-likeness (QED) is 0.549. The van der Waals surface area contributed by atoms with Crippen LogP contribution in [0.25, 0.3) is 0 Å². The van der Waals surface area contributed by atoms with E-state index >= 15 is 0 Å². The van der Waals surface area contributed by atoms with E-state index in [4.69, 9.17) is 4.74 Å². The molecule has 1 saturated heterocycles. The van der Waals surface area contributed by atoms with Crippen LogP contribution in [0.3, 0.4) is 0 Å². The Morgan fingerprint density at radius 1 is 1.30 bits per heavy atom. The van der Waals surface area contributed by atoms with Gasteiger partial charge in [-0.1, -0.05) is 27.2 Å². The van der Waals surface area contributed by atoms with Gasteiger partial charge in [0, 0.05) is 6.61 Å². The molecule has 0 radical (unpaired) electrons. The molecule has 1 aliphatic rings. The first-order valence-electron chi connectivity index (χ1n) is 4.46. The van der Waals surface area contributed by atoms with E-state index in [-0.39, 0.29) is 0 Å². The van der Waals surface area contributed by atoms with Gasteiger partial charge in [0.1, 0.15) is 0 Å². The summed E-state index contributed by atoms with van der Waals surface area (Å²) in [5.41, 5.74) is 0. The third-order valence-electron chi connectivity index (χ3n) is 1.48. The van der Waals surface area contributed by atoms with Crippen LogP contribution in [0, 0.1) is 0 Å². The van der Waals surface area contributed by atoms with Crippen LogP contribution in [0.1, 0.15) is 46.5 Å². The minimum absolute atomic E-state index is 0.597. The van der Waals surface area contributed by atoms with Crippen LogP contribution < -0.4 is 0 Å². The SMILES string of the molecule is CCC.CC[C@@H]1CCCO1. The molecule has 0 saturated carbocycles. The lowest BCUT2D eigenvalue weighted by atomic mass is 10.2. The normalized spacial score (nSPS) is 23.7. The molecule has 0 N–H and O–H groups in total. The lowest BCUT2D eigenvalue weighted by Gasteiger charge is -2.01. The molecule has 0 amide bonds. The molecule has 1 rings (SSSR count). The van der Waals surface area contributed by atoms with Crippen molar-refractivity contribution in [3.63, 3.8) is 0 Å². The van der Waals surface area contributed by atoms with Gasteiger partial charge in [-0.15, -0.1) is 0 Å². The van der Waals surface area contributed by atoms with Crippen LogP contribution in [0.5, 0.6) is 0 Å². The maximum absolute atomic E-state index is 5.30. The van der Waals surface area contributed by atoms with Crippen molar-refractivity contribution >= 4 is 0 Å². The van der Waals surface area contributed by atoms with Crippen LogP contribution >= 0.6 is 0 Å². The molecule has 0 bridgehead atoms. The highest BCUT2D eigenvalue weighted by molar-refractivity contribution is 4.60. The van der Waals surface area contributed by atoms with Gasteiger partial charge in [-0.25, -0.2) is 0 Å². The summed E-state index contributed by atoms with van der Waals surface area (Å²) in [5.74, 6) is 0. The molecule has 1 heteroatoms. The number of ether oxygens (including phenoxy) is 1. The fourth-order valence-electron chi connectivity index (χ4n) is 0.966. The standard InChI is InChI=1S/C6H12O.C3H8/c1-2-6-4-3-5-7-6;1-3-2/h6H,2-5H2,1H3;3H2,1-2H3/t6-;/m1./s1. The molecule has 1 atom stereocenters. The van der Waals surface area contributed by atoms with E-state index in [0.717, 1.165) is 6.61 Å². The minimum Gasteiger partial charge on any atom is -0.378 e. The van der Waals surface area contributed by atoms with Gasteiger partial charge in [-0.05, 0) is 19.3 Å². The summed E-state index contributed by atoms with van der Waals surface area (Å²) >= 11 is 0. The molecule has 1 nitrogen and oxygen atoms in total. The first kappa shape index (κ1) is 9.96. The largest absolute Gasteiger partial charge is 0.378 e. The Morgan fingerprint density at radius 2 is 1.90 bits per heavy atom. The summed E-state index contributed by atoms with van der Waals surface area (Å²) in [6, 6.07) is 0. The molecular weight excluding hydrogens is 124 g/mol. The number of hydrogen-bond acceptors (Lipinski definition) is 1. The fraction of sp³-hybridized carbons (Fsp3) is 1.00. The molecule has 1 heterocycles. The Balaban J connectivity index is 0.000000236. The Kier molecular flexibility index (Phi) is 7.04. The van der Waals surface area contributed by atoms with E-state index in [2.05, 4.69) is 20.8 Å². The molecule has 0 aliphatic carbocycles. The van der Waals surface area contributed by atoms with Gasteiger partial charge in [0.05, 0.1) is 6.10 Å². The Bertz CT molecular complexity index is 55.7. The van der Waals surface area contributed by atoms with E-state index in [9.17, 15) is 0 Å². The molecule has 0 spiro atoms. The molecule has 0 unspecified atom stereocenters. The molecule has 1 fully saturated rings. The van der Waals surface area contributed by atoms with Crippen molar-refractivity contribution < 1.29 is 4.74 Å². The lowest BCUT2D eigenvalue weighted by Crippen LogP contribution is -2.00. The predicted octanol–water partition coefficient (Wildman–Crippen LogP) is 2.99. The van der Waals surface area contributed by atoms with E-state index in [1.165, 1.54) is 25.7 Å². The first-order chi connectivity index (χ1) is 4.85. The monoisotopic (exact) mass is 144 g/mol. The van der Waals surface area contributed by atoms with Crippen LogP contribution in [-0.4, -0.2) is 12.7 Å². The second kappa shape index (κ2) is 7.07. The fourth-order valence-corrected chi connectivity index (χ4v) is 0.966. The van der Waals surface area contributed by atoms with Gasteiger partial charge >= 0.3 is 0 Å². The minimum atomic E-state index is 0.597. The summed E-state index contributed by atoms with van der Waals surface area (Å²) in [7, 11) is 0. The number of hydrogen-bond donors (Lipinski definition) is 0. The zero-order chi connectivity index (χ0) is 7.82. The second-order valence-electron chi connectivity index (χ2n) is 2.75. The van der Waals surface area contributed by atoms with Gasteiger partial charge in [0.25, 0.3) is 0 Å². The average molecular weight is 144 g/mol. The van der Waals surface area contributed by atoms with Gasteiger partial charge < -0.3 is 4.74 Å². The van der Waals surface area contributed by atoms with Crippen LogP contribution in [0.4, 0.5) is 0 Å². The Hall–Kier alpha value is -0.0400. The molecule has 10 heavy (non-hydrogen) atoms. The van der Waals surface area contributed by atoms with Crippen LogP contribution in [0.2, 0.25) is 0 Å². The van der Waals surface area contributed by atoms with Crippen LogP contribution in [0.15, 0.2) is 0 Å². The van der Waals surface area contributed by atoms with E-state index in [0.29, 0.717) is 6.10 Å². The summed E-state index contributed by atoms with van der Waals surface area (Å²) in [5, 5.41) is 0. The van der Waals surface area contributed by atoms with E-state index < -0.39 is 0 Å². The van der Waals surface area contributed by atoms with E-state index in [1.807, 2.05) is 0 Å². The Morgan fingerprint density at radius 3 is 2.10 bits per heavy atom. The van der Waals surface area contributed by atoms with Crippen molar-refractivity contribution in [3.8, 4) is 0 Å². The molecule has 0 aromatic heterocycles. The predicted molar refractivity (Wildman–Crippen MR) is 45.2 cm³/mol. The van der Waals surface area contributed by atoms with Gasteiger partial charge in [0.15, 0.2) is 0 Å². The van der Waals surface area contributed by atoms with Crippen molar-refractivity contribution in [1.29, 1.82) is 0 Å². The van der Waals surface area contributed by atoms with Crippen molar-refractivity contribution in [2.45, 2.75) is 52.6 Å². The third-order valence-corrected chi connectivity index (χ3v) is 1.48. The maximum Gasteiger partial charge on any atom is 0.0573 e. The molecule has 62 valence electrons. The highest BCUT2D eigenvalue weighted by atomic mass is 16.5. The van der Waals surface area contributed by atoms with Crippen molar-refractivity contribution in [1.82, 2.24) is 0 Å². The summed E-state index contributed by atoms with van der Waals surface area (Å²) in [6.07, 6.45) is 5.61. The number of rotatable bonds is 1. The Labute approximate surface area is 64.8 Å². The second-order valence-corrected chi connectivity index (χ2v) is 2.75. The summed E-state index contributed by atoms with van der Waals surface area (Å²) in [6.45, 7) is 7.43. The zero-order valence-corrected chi connectivity index (χ0v) is 7.52. The zero-order valence-electron chi connectivity index (χ0n) is 7.52. The molecule has 0 aromatic carbocycles. The first-order valence-corrected chi connectivity index (χ1v) is 4.46. The molecular formula is C9H20O. The maximum atomic E-state index is 5.30. The molecule has 1 aliphatic heterocycles. The van der Waals surface area contributed by atoms with Gasteiger partial charge in [0.2, 0.25) is 0 Å². The smallest absolute Gasteiger partial charge is 0.0573 e. The summed E-state index contributed by atoms with van der Waals surface area (Å²) in [4.78, 5) is 0. The van der Waals surface area contributed by atoms with E-state index in [1.54, 1.807) is 0 Å². The van der Waals surface area contributed by atoms with Crippen molar-refractivity contribution in [2.75, 3.05) is 6.61 Å². The summed E-state index contributed by atoms with van der Waals surface area (Å²) < 4.78 is 5.30. The molecule has 0 aromatic rings. The van der Waals surface area contributed by atoms with Crippen LogP contribution in [-0.2, 0) is 4.74 Å². The average Bonchev–Trinajstić information content (AvgIpc) is 2.39. The van der Waals surface area contributed by atoms with Gasteiger partial charge in [-0.2, -0.15) is 0 Å².